The lowest BCUT2D eigenvalue weighted by molar-refractivity contribution is 0.143. The quantitative estimate of drug-likeness (QED) is 0.378. The van der Waals surface area contributed by atoms with Gasteiger partial charge in [0.2, 0.25) is 5.95 Å². The van der Waals surface area contributed by atoms with E-state index in [1.165, 1.54) is 6.20 Å². The van der Waals surface area contributed by atoms with E-state index in [-0.39, 0.29) is 39.2 Å². The number of ether oxygens (including phenoxy) is 1. The van der Waals surface area contributed by atoms with Gasteiger partial charge in [0.05, 0.1) is 33.8 Å². The van der Waals surface area contributed by atoms with Gasteiger partial charge in [-0.2, -0.15) is 9.97 Å². The van der Waals surface area contributed by atoms with Crippen molar-refractivity contribution in [2.45, 2.75) is 6.04 Å². The van der Waals surface area contributed by atoms with E-state index in [1.54, 1.807) is 25.3 Å². The molecule has 2 aromatic carbocycles. The molecule has 1 saturated heterocycles. The summed E-state index contributed by atoms with van der Waals surface area (Å²) in [6, 6.07) is 13.2. The second kappa shape index (κ2) is 10.5. The van der Waals surface area contributed by atoms with Crippen molar-refractivity contribution in [3.8, 4) is 5.69 Å². The molecule has 192 valence electrons. The molecule has 3 N–H and O–H groups in total. The van der Waals surface area contributed by atoms with Gasteiger partial charge in [0.25, 0.3) is 0 Å². The standard InChI is InChI=1S/C25H26Cl2N8O2/c1-33-10-11-34(17(13-33)14-37-2)16-8-6-15(7-9-16)30-24-29-12-18-22(28)35(25(36)32-23(18)31-24)21-19(26)4-3-5-20(21)27/h3-9,12,17H,10-11,13-14,28H2,1-2H3,(H,30,31,32,36)/t17-/m1/s1. The third-order valence-electron chi connectivity index (χ3n) is 6.34. The van der Waals surface area contributed by atoms with Gasteiger partial charge < -0.3 is 25.6 Å². The number of nitrogens with one attached hydrogen (secondary N) is 1. The highest BCUT2D eigenvalue weighted by molar-refractivity contribution is 6.37. The van der Waals surface area contributed by atoms with E-state index in [0.717, 1.165) is 35.6 Å². The molecule has 37 heavy (non-hydrogen) atoms. The third kappa shape index (κ3) is 5.05. The minimum Gasteiger partial charge on any atom is -0.384 e. The van der Waals surface area contributed by atoms with Crippen LogP contribution < -0.4 is 21.6 Å². The van der Waals surface area contributed by atoms with Crippen LogP contribution in [0.3, 0.4) is 0 Å². The van der Waals surface area contributed by atoms with Gasteiger partial charge in [-0.1, -0.05) is 29.3 Å². The summed E-state index contributed by atoms with van der Waals surface area (Å²) >= 11 is 12.6. The van der Waals surface area contributed by atoms with Crippen LogP contribution in [0.2, 0.25) is 10.0 Å². The Morgan fingerprint density at radius 1 is 1.11 bits per heavy atom. The second-order valence-electron chi connectivity index (χ2n) is 8.85. The number of nitrogen functional groups attached to an aromatic ring is 1. The molecule has 2 aromatic heterocycles. The van der Waals surface area contributed by atoms with Crippen LogP contribution in [0.5, 0.6) is 0 Å². The number of benzene rings is 2. The molecular formula is C25H26Cl2N8O2. The molecular weight excluding hydrogens is 515 g/mol. The van der Waals surface area contributed by atoms with Crippen LogP contribution in [-0.4, -0.2) is 70.9 Å². The fourth-order valence-electron chi connectivity index (χ4n) is 4.53. The highest BCUT2D eigenvalue weighted by Gasteiger charge is 2.25. The Labute approximate surface area is 223 Å². The molecule has 0 spiro atoms. The fraction of sp³-hybridized carbons (Fsp3) is 0.280. The first-order chi connectivity index (χ1) is 17.9. The molecule has 0 amide bonds. The average molecular weight is 541 g/mol. The number of methoxy groups -OCH3 is 1. The number of nitrogens with zero attached hydrogens (tertiary/aromatic N) is 6. The minimum absolute atomic E-state index is 0.0960. The number of hydrogen-bond acceptors (Lipinski definition) is 9. The number of fused-ring (bicyclic) bond motifs is 1. The van der Waals surface area contributed by atoms with Gasteiger partial charge in [-0.15, -0.1) is 0 Å². The molecule has 1 aliphatic heterocycles. The molecule has 0 aliphatic carbocycles. The SMILES string of the molecule is COC[C@H]1CN(C)CCN1c1ccc(Nc2ncc3c(N)n(-c4c(Cl)cccc4Cl)c(=O)nc3n2)cc1. The summed E-state index contributed by atoms with van der Waals surface area (Å²) in [6.07, 6.45) is 1.52. The number of likely N-dealkylation sites (N-methyl/N-ethyl adjacent to an activating group) is 1. The number of piperazine rings is 1. The number of para-hydroxylation sites is 1. The fourth-order valence-corrected chi connectivity index (χ4v) is 5.10. The highest BCUT2D eigenvalue weighted by Crippen LogP contribution is 2.31. The Bertz CT molecular complexity index is 1470. The van der Waals surface area contributed by atoms with Crippen LogP contribution >= 0.6 is 23.2 Å². The monoisotopic (exact) mass is 540 g/mol. The number of nitrogens with two attached hydrogens (primary N) is 1. The third-order valence-corrected chi connectivity index (χ3v) is 6.95. The number of rotatable bonds is 6. The Kier molecular flexibility index (Phi) is 7.16. The van der Waals surface area contributed by atoms with E-state index in [4.69, 9.17) is 33.7 Å². The summed E-state index contributed by atoms with van der Waals surface area (Å²) in [5, 5.41) is 4.11. The Morgan fingerprint density at radius 3 is 2.54 bits per heavy atom. The molecule has 1 aliphatic rings. The Balaban J connectivity index is 1.40. The number of halogens is 2. The molecule has 1 atom stereocenters. The summed E-state index contributed by atoms with van der Waals surface area (Å²) in [5.41, 5.74) is 8.00. The largest absolute Gasteiger partial charge is 0.384 e. The maximum Gasteiger partial charge on any atom is 0.355 e. The zero-order valence-electron chi connectivity index (χ0n) is 20.4. The maximum atomic E-state index is 12.9. The smallest absolute Gasteiger partial charge is 0.355 e. The number of hydrogen-bond donors (Lipinski definition) is 2. The van der Waals surface area contributed by atoms with Gasteiger partial charge in [-0.25, -0.2) is 14.3 Å². The molecule has 3 heterocycles. The van der Waals surface area contributed by atoms with Crippen molar-refractivity contribution in [3.63, 3.8) is 0 Å². The van der Waals surface area contributed by atoms with Gasteiger partial charge in [-0.05, 0) is 43.4 Å². The first-order valence-electron chi connectivity index (χ1n) is 11.7. The van der Waals surface area contributed by atoms with Crippen LogP contribution in [0.1, 0.15) is 0 Å². The summed E-state index contributed by atoms with van der Waals surface area (Å²) < 4.78 is 6.60. The normalized spacial score (nSPS) is 16.3. The van der Waals surface area contributed by atoms with Crippen LogP contribution in [0.4, 0.5) is 23.1 Å². The number of aromatic nitrogens is 4. The lowest BCUT2D eigenvalue weighted by Crippen LogP contribution is -2.53. The van der Waals surface area contributed by atoms with Crippen molar-refractivity contribution in [2.75, 3.05) is 56.3 Å². The molecule has 0 radical (unpaired) electrons. The van der Waals surface area contributed by atoms with Crippen molar-refractivity contribution >= 4 is 57.4 Å². The van der Waals surface area contributed by atoms with Crippen LogP contribution in [0.25, 0.3) is 16.7 Å². The van der Waals surface area contributed by atoms with Crippen molar-refractivity contribution in [1.29, 1.82) is 0 Å². The molecule has 5 rings (SSSR count). The summed E-state index contributed by atoms with van der Waals surface area (Å²) in [7, 11) is 3.85. The van der Waals surface area contributed by atoms with Crippen LogP contribution in [0, 0.1) is 0 Å². The lowest BCUT2D eigenvalue weighted by Gasteiger charge is -2.41. The van der Waals surface area contributed by atoms with E-state index in [1.807, 2.05) is 12.1 Å². The maximum absolute atomic E-state index is 12.9. The topological polar surface area (TPSA) is 114 Å². The highest BCUT2D eigenvalue weighted by atomic mass is 35.5. The minimum atomic E-state index is -0.646. The summed E-state index contributed by atoms with van der Waals surface area (Å²) in [5.74, 6) is 0.385. The Morgan fingerprint density at radius 2 is 1.84 bits per heavy atom. The molecule has 0 bridgehead atoms. The van der Waals surface area contributed by atoms with Crippen molar-refractivity contribution in [1.82, 2.24) is 24.4 Å². The molecule has 1 fully saturated rings. The van der Waals surface area contributed by atoms with Crippen molar-refractivity contribution in [2.24, 2.45) is 0 Å². The van der Waals surface area contributed by atoms with Gasteiger partial charge >= 0.3 is 5.69 Å². The average Bonchev–Trinajstić information content (AvgIpc) is 2.86. The molecule has 12 heteroatoms. The lowest BCUT2D eigenvalue weighted by atomic mass is 10.1. The van der Waals surface area contributed by atoms with Crippen LogP contribution in [-0.2, 0) is 4.74 Å². The van der Waals surface area contributed by atoms with E-state index in [0.29, 0.717) is 12.0 Å². The number of anilines is 4. The summed E-state index contributed by atoms with van der Waals surface area (Å²) in [6.45, 7) is 3.52. The van der Waals surface area contributed by atoms with Crippen LogP contribution in [0.15, 0.2) is 53.5 Å². The molecule has 10 nitrogen and oxygen atoms in total. The zero-order chi connectivity index (χ0) is 26.1. The molecule has 4 aromatic rings. The predicted molar refractivity (Wildman–Crippen MR) is 148 cm³/mol. The molecule has 0 saturated carbocycles. The van der Waals surface area contributed by atoms with Crippen molar-refractivity contribution in [3.05, 3.63) is 69.2 Å². The first kappa shape index (κ1) is 25.2. The second-order valence-corrected chi connectivity index (χ2v) is 9.67. The van der Waals surface area contributed by atoms with E-state index in [2.05, 4.69) is 49.2 Å². The van der Waals surface area contributed by atoms with E-state index >= 15 is 0 Å². The van der Waals surface area contributed by atoms with Gasteiger partial charge in [-0.3, -0.25) is 0 Å². The predicted octanol–water partition coefficient (Wildman–Crippen LogP) is 3.58. The van der Waals surface area contributed by atoms with Gasteiger partial charge in [0, 0.05) is 44.3 Å². The first-order valence-corrected chi connectivity index (χ1v) is 12.4. The summed E-state index contributed by atoms with van der Waals surface area (Å²) in [4.78, 5) is 30.4. The van der Waals surface area contributed by atoms with Gasteiger partial charge in [0.15, 0.2) is 5.65 Å². The molecule has 0 unspecified atom stereocenters. The van der Waals surface area contributed by atoms with E-state index < -0.39 is 5.69 Å². The van der Waals surface area contributed by atoms with Crippen molar-refractivity contribution < 1.29 is 4.74 Å². The van der Waals surface area contributed by atoms with E-state index in [9.17, 15) is 4.79 Å². The van der Waals surface area contributed by atoms with Gasteiger partial charge in [0.1, 0.15) is 5.82 Å². The Hall–Kier alpha value is -3.44. The zero-order valence-corrected chi connectivity index (χ0v) is 21.9.